The van der Waals surface area contributed by atoms with Gasteiger partial charge in [0.05, 0.1) is 30.2 Å². The van der Waals surface area contributed by atoms with Gasteiger partial charge in [-0.2, -0.15) is 4.98 Å². The molecule has 0 radical (unpaired) electrons. The molecule has 0 aliphatic rings. The van der Waals surface area contributed by atoms with Gasteiger partial charge in [-0.3, -0.25) is 4.57 Å². The van der Waals surface area contributed by atoms with Gasteiger partial charge in [0.25, 0.3) is 0 Å². The smallest absolute Gasteiger partial charge is 0.233 e. The Bertz CT molecular complexity index is 1220. The van der Waals surface area contributed by atoms with Gasteiger partial charge in [-0.1, -0.05) is 5.16 Å². The number of fused-ring (bicyclic) bond motifs is 1. The number of thiazole rings is 1. The highest BCUT2D eigenvalue weighted by atomic mass is 32.1. The van der Waals surface area contributed by atoms with Crippen LogP contribution in [0.1, 0.15) is 23.0 Å². The molecule has 5 aromatic heterocycles. The van der Waals surface area contributed by atoms with Crippen molar-refractivity contribution in [1.29, 1.82) is 0 Å². The number of aryl methyl sites for hydroxylation is 2. The maximum atomic E-state index is 5.44. The van der Waals surface area contributed by atoms with Gasteiger partial charge in [-0.25, -0.2) is 9.97 Å². The van der Waals surface area contributed by atoms with Crippen LogP contribution >= 0.6 is 11.3 Å². The molecule has 27 heavy (non-hydrogen) atoms. The zero-order valence-electron chi connectivity index (χ0n) is 14.8. The Labute approximate surface area is 158 Å². The summed E-state index contributed by atoms with van der Waals surface area (Å²) in [5.41, 5.74) is 5.15. The highest BCUT2D eigenvalue weighted by molar-refractivity contribution is 7.12. The number of nitrogens with zero attached hydrogens (tertiary/aromatic N) is 6. The zero-order valence-corrected chi connectivity index (χ0v) is 15.6. The first-order valence-electron chi connectivity index (χ1n) is 8.52. The van der Waals surface area contributed by atoms with E-state index >= 15 is 0 Å². The van der Waals surface area contributed by atoms with Gasteiger partial charge in [-0.05, 0) is 38.1 Å². The summed E-state index contributed by atoms with van der Waals surface area (Å²) in [4.78, 5) is 13.4. The number of imidazole rings is 1. The summed E-state index contributed by atoms with van der Waals surface area (Å²) in [7, 11) is 0. The molecule has 0 aromatic carbocycles. The summed E-state index contributed by atoms with van der Waals surface area (Å²) in [6.07, 6.45) is 6.00. The lowest BCUT2D eigenvalue weighted by molar-refractivity contribution is 0.385. The fourth-order valence-electron chi connectivity index (χ4n) is 3.11. The van der Waals surface area contributed by atoms with Crippen LogP contribution in [0.25, 0.3) is 22.0 Å². The molecule has 0 unspecified atom stereocenters. The predicted molar refractivity (Wildman–Crippen MR) is 102 cm³/mol. The van der Waals surface area contributed by atoms with E-state index in [2.05, 4.69) is 45.7 Å². The maximum absolute atomic E-state index is 5.44. The van der Waals surface area contributed by atoms with Crippen LogP contribution in [0.15, 0.2) is 52.9 Å². The van der Waals surface area contributed by atoms with Crippen LogP contribution in [0, 0.1) is 13.8 Å². The van der Waals surface area contributed by atoms with E-state index in [1.165, 1.54) is 11.4 Å². The molecule has 0 saturated heterocycles. The molecule has 0 fully saturated rings. The molecule has 0 N–H and O–H groups in total. The van der Waals surface area contributed by atoms with Crippen LogP contribution in [-0.4, -0.2) is 29.1 Å². The van der Waals surface area contributed by atoms with Crippen molar-refractivity contribution >= 4 is 16.9 Å². The molecule has 8 heteroatoms. The second-order valence-electron chi connectivity index (χ2n) is 6.40. The minimum atomic E-state index is 0.512. The third-order valence-corrected chi connectivity index (χ3v) is 5.35. The van der Waals surface area contributed by atoms with Crippen molar-refractivity contribution in [1.82, 2.24) is 29.1 Å². The summed E-state index contributed by atoms with van der Waals surface area (Å²) in [6, 6.07) is 8.12. The SMILES string of the molecule is Cc1ccc(C)n1-c1nc(Cc2nc(-c3ccn4cncc4c3)no2)cs1. The number of rotatable bonds is 4. The standard InChI is InChI=1S/C19H16N6OS/c1-12-3-4-13(2)25(12)19-21-15(10-27-19)8-17-22-18(23-26-17)14-5-6-24-11-20-9-16(24)7-14/h3-7,9-11H,8H2,1-2H3. The Morgan fingerprint density at radius 2 is 1.96 bits per heavy atom. The predicted octanol–water partition coefficient (Wildman–Crippen LogP) is 3.84. The van der Waals surface area contributed by atoms with Gasteiger partial charge in [0.1, 0.15) is 0 Å². The van der Waals surface area contributed by atoms with E-state index in [1.807, 2.05) is 28.1 Å². The topological polar surface area (TPSA) is 74.0 Å². The molecule has 7 nitrogen and oxygen atoms in total. The zero-order chi connectivity index (χ0) is 18.4. The third-order valence-electron chi connectivity index (χ3n) is 4.47. The lowest BCUT2D eigenvalue weighted by Gasteiger charge is -2.03. The second-order valence-corrected chi connectivity index (χ2v) is 7.24. The first-order chi connectivity index (χ1) is 13.2. The molecule has 0 aliphatic heterocycles. The number of aromatic nitrogens is 6. The van der Waals surface area contributed by atoms with Crippen molar-refractivity contribution in [3.05, 3.63) is 71.3 Å². The average molecular weight is 376 g/mol. The fourth-order valence-corrected chi connectivity index (χ4v) is 4.05. The van der Waals surface area contributed by atoms with Gasteiger partial charge < -0.3 is 8.92 Å². The summed E-state index contributed by atoms with van der Waals surface area (Å²) in [5.74, 6) is 1.12. The number of pyridine rings is 1. The van der Waals surface area contributed by atoms with Gasteiger partial charge in [0, 0.05) is 28.5 Å². The van der Waals surface area contributed by atoms with Crippen LogP contribution in [0.5, 0.6) is 0 Å². The molecule has 134 valence electrons. The molecule has 0 amide bonds. The molecule has 0 aliphatic carbocycles. The van der Waals surface area contributed by atoms with Gasteiger partial charge in [0.15, 0.2) is 5.13 Å². The number of hydrogen-bond donors (Lipinski definition) is 0. The van der Waals surface area contributed by atoms with E-state index in [0.717, 1.165) is 21.9 Å². The highest BCUT2D eigenvalue weighted by Gasteiger charge is 2.13. The van der Waals surface area contributed by atoms with Crippen LogP contribution in [-0.2, 0) is 6.42 Å². The molecule has 0 bridgehead atoms. The molecule has 0 saturated carbocycles. The molecular formula is C19H16N6OS. The minimum Gasteiger partial charge on any atom is -0.339 e. The summed E-state index contributed by atoms with van der Waals surface area (Å²) in [5, 5.41) is 7.11. The van der Waals surface area contributed by atoms with E-state index < -0.39 is 0 Å². The summed E-state index contributed by atoms with van der Waals surface area (Å²) in [6.45, 7) is 4.16. The van der Waals surface area contributed by atoms with E-state index in [1.54, 1.807) is 23.9 Å². The Morgan fingerprint density at radius 3 is 2.81 bits per heavy atom. The van der Waals surface area contributed by atoms with Gasteiger partial charge in [-0.15, -0.1) is 11.3 Å². The van der Waals surface area contributed by atoms with E-state index in [9.17, 15) is 0 Å². The van der Waals surface area contributed by atoms with Crippen molar-refractivity contribution < 1.29 is 4.52 Å². The lowest BCUT2D eigenvalue weighted by Crippen LogP contribution is -1.98. The second kappa shape index (κ2) is 6.17. The van der Waals surface area contributed by atoms with Crippen LogP contribution in [0.4, 0.5) is 0 Å². The molecule has 0 atom stereocenters. The maximum Gasteiger partial charge on any atom is 0.233 e. The Morgan fingerprint density at radius 1 is 1.11 bits per heavy atom. The van der Waals surface area contributed by atoms with Crippen molar-refractivity contribution in [2.75, 3.05) is 0 Å². The average Bonchev–Trinajstić information content (AvgIpc) is 3.43. The largest absolute Gasteiger partial charge is 0.339 e. The van der Waals surface area contributed by atoms with Gasteiger partial charge in [0.2, 0.25) is 11.7 Å². The van der Waals surface area contributed by atoms with Crippen molar-refractivity contribution in [2.45, 2.75) is 20.3 Å². The normalized spacial score (nSPS) is 11.5. The Hall–Kier alpha value is -3.26. The van der Waals surface area contributed by atoms with Gasteiger partial charge >= 0.3 is 0 Å². The van der Waals surface area contributed by atoms with Crippen molar-refractivity contribution in [3.8, 4) is 16.5 Å². The van der Waals surface area contributed by atoms with E-state index in [0.29, 0.717) is 18.1 Å². The monoisotopic (exact) mass is 376 g/mol. The molecule has 5 rings (SSSR count). The summed E-state index contributed by atoms with van der Waals surface area (Å²) < 4.78 is 9.52. The highest BCUT2D eigenvalue weighted by Crippen LogP contribution is 2.23. The first-order valence-corrected chi connectivity index (χ1v) is 9.40. The van der Waals surface area contributed by atoms with E-state index in [-0.39, 0.29) is 0 Å². The molecular weight excluding hydrogens is 360 g/mol. The van der Waals surface area contributed by atoms with Crippen molar-refractivity contribution in [3.63, 3.8) is 0 Å². The van der Waals surface area contributed by atoms with Crippen LogP contribution < -0.4 is 0 Å². The molecule has 5 heterocycles. The van der Waals surface area contributed by atoms with Crippen LogP contribution in [0.3, 0.4) is 0 Å². The molecule has 5 aromatic rings. The Balaban J connectivity index is 1.39. The van der Waals surface area contributed by atoms with E-state index in [4.69, 9.17) is 9.51 Å². The third kappa shape index (κ3) is 2.83. The molecule has 0 spiro atoms. The van der Waals surface area contributed by atoms with Crippen molar-refractivity contribution in [2.24, 2.45) is 0 Å². The lowest BCUT2D eigenvalue weighted by atomic mass is 10.2. The minimum absolute atomic E-state index is 0.512. The quantitative estimate of drug-likeness (QED) is 0.476. The summed E-state index contributed by atoms with van der Waals surface area (Å²) >= 11 is 1.61. The number of hydrogen-bond acceptors (Lipinski definition) is 6. The fraction of sp³-hybridized carbons (Fsp3) is 0.158. The Kier molecular flexibility index (Phi) is 3.64. The van der Waals surface area contributed by atoms with Crippen LogP contribution in [0.2, 0.25) is 0 Å². The first kappa shape index (κ1) is 16.0.